The molecule has 0 aromatic heterocycles. The summed E-state index contributed by atoms with van der Waals surface area (Å²) in [5.41, 5.74) is 1.32. The van der Waals surface area contributed by atoms with E-state index in [9.17, 15) is 4.79 Å². The van der Waals surface area contributed by atoms with Gasteiger partial charge in [-0.25, -0.2) is 0 Å². The van der Waals surface area contributed by atoms with Crippen molar-refractivity contribution in [3.63, 3.8) is 0 Å². The molecule has 0 N–H and O–H groups in total. The van der Waals surface area contributed by atoms with Crippen LogP contribution in [0.4, 0.5) is 0 Å². The molecule has 0 bridgehead atoms. The maximum atomic E-state index is 11.4. The van der Waals surface area contributed by atoms with Crippen LogP contribution in [0.3, 0.4) is 0 Å². The standard InChI is InChI=1S/C14H19NO/c1-10-4-5-11-9-12(16)6-7-14(11)13(10)3-2-8-15/h11,13-14H,1-7,9H2/t11-,13-,14-/m1/s1. The molecular weight excluding hydrogens is 198 g/mol. The molecule has 0 aromatic rings. The van der Waals surface area contributed by atoms with Crippen molar-refractivity contribution in [2.75, 3.05) is 0 Å². The van der Waals surface area contributed by atoms with Crippen LogP contribution in [0, 0.1) is 29.1 Å². The van der Waals surface area contributed by atoms with E-state index in [0.717, 1.165) is 38.5 Å². The predicted octanol–water partition coefficient (Wildman–Crippen LogP) is 3.24. The van der Waals surface area contributed by atoms with Crippen molar-refractivity contribution in [1.82, 2.24) is 0 Å². The second-order valence-corrected chi connectivity index (χ2v) is 5.21. The number of nitriles is 1. The minimum absolute atomic E-state index is 0.438. The lowest BCUT2D eigenvalue weighted by molar-refractivity contribution is -0.123. The molecular formula is C14H19NO. The molecule has 16 heavy (non-hydrogen) atoms. The van der Waals surface area contributed by atoms with Gasteiger partial charge in [0.15, 0.2) is 0 Å². The molecule has 0 amide bonds. The lowest BCUT2D eigenvalue weighted by Crippen LogP contribution is -2.35. The van der Waals surface area contributed by atoms with Gasteiger partial charge in [0.05, 0.1) is 6.07 Å². The summed E-state index contributed by atoms with van der Waals surface area (Å²) in [5.74, 6) is 2.15. The van der Waals surface area contributed by atoms with Crippen LogP contribution in [0.15, 0.2) is 12.2 Å². The van der Waals surface area contributed by atoms with E-state index in [4.69, 9.17) is 5.26 Å². The zero-order valence-corrected chi connectivity index (χ0v) is 9.74. The highest BCUT2D eigenvalue weighted by Gasteiger charge is 2.38. The average Bonchev–Trinajstić information content (AvgIpc) is 2.28. The summed E-state index contributed by atoms with van der Waals surface area (Å²) < 4.78 is 0. The van der Waals surface area contributed by atoms with Crippen LogP contribution >= 0.6 is 0 Å². The quantitative estimate of drug-likeness (QED) is 0.666. The van der Waals surface area contributed by atoms with E-state index in [2.05, 4.69) is 12.6 Å². The fourth-order valence-corrected chi connectivity index (χ4v) is 3.45. The van der Waals surface area contributed by atoms with E-state index in [1.54, 1.807) is 0 Å². The van der Waals surface area contributed by atoms with Crippen molar-refractivity contribution in [2.45, 2.75) is 44.9 Å². The average molecular weight is 217 g/mol. The second kappa shape index (κ2) is 4.82. The van der Waals surface area contributed by atoms with Gasteiger partial charge in [-0.3, -0.25) is 4.79 Å². The highest BCUT2D eigenvalue weighted by Crippen LogP contribution is 2.46. The van der Waals surface area contributed by atoms with Crippen LogP contribution in [-0.4, -0.2) is 5.78 Å². The third-order valence-electron chi connectivity index (χ3n) is 4.30. The minimum atomic E-state index is 0.438. The molecule has 0 aliphatic heterocycles. The minimum Gasteiger partial charge on any atom is -0.300 e. The summed E-state index contributed by atoms with van der Waals surface area (Å²) in [6, 6.07) is 2.23. The largest absolute Gasteiger partial charge is 0.300 e. The Balaban J connectivity index is 2.06. The number of hydrogen-bond acceptors (Lipinski definition) is 2. The highest BCUT2D eigenvalue weighted by molar-refractivity contribution is 5.79. The molecule has 3 atom stereocenters. The molecule has 0 heterocycles. The summed E-state index contributed by atoms with van der Waals surface area (Å²) in [4.78, 5) is 11.4. The smallest absolute Gasteiger partial charge is 0.133 e. The molecule has 2 aliphatic rings. The van der Waals surface area contributed by atoms with Gasteiger partial charge in [-0.2, -0.15) is 5.26 Å². The number of ketones is 1. The van der Waals surface area contributed by atoms with Crippen LogP contribution in [0.25, 0.3) is 0 Å². The topological polar surface area (TPSA) is 40.9 Å². The Morgan fingerprint density at radius 3 is 2.94 bits per heavy atom. The molecule has 0 aromatic carbocycles. The van der Waals surface area contributed by atoms with Gasteiger partial charge in [0.1, 0.15) is 5.78 Å². The van der Waals surface area contributed by atoms with Crippen LogP contribution in [-0.2, 0) is 4.79 Å². The highest BCUT2D eigenvalue weighted by atomic mass is 16.1. The fourth-order valence-electron chi connectivity index (χ4n) is 3.45. The van der Waals surface area contributed by atoms with Gasteiger partial charge in [-0.15, -0.1) is 0 Å². The number of Topliss-reactive ketones (excluding diaryl/α,β-unsaturated/α-hetero) is 1. The summed E-state index contributed by atoms with van der Waals surface area (Å²) in [6.45, 7) is 4.16. The molecule has 0 radical (unpaired) electrons. The van der Waals surface area contributed by atoms with E-state index < -0.39 is 0 Å². The van der Waals surface area contributed by atoms with Crippen LogP contribution in [0.2, 0.25) is 0 Å². The summed E-state index contributed by atoms with van der Waals surface area (Å²) in [7, 11) is 0. The fraction of sp³-hybridized carbons (Fsp3) is 0.714. The zero-order valence-electron chi connectivity index (χ0n) is 9.74. The number of nitrogens with zero attached hydrogens (tertiary/aromatic N) is 1. The van der Waals surface area contributed by atoms with Gasteiger partial charge in [0.25, 0.3) is 0 Å². The number of fused-ring (bicyclic) bond motifs is 1. The Labute approximate surface area is 97.3 Å². The number of hydrogen-bond donors (Lipinski definition) is 0. The van der Waals surface area contributed by atoms with Gasteiger partial charge in [0, 0.05) is 19.3 Å². The van der Waals surface area contributed by atoms with Gasteiger partial charge in [0.2, 0.25) is 0 Å². The van der Waals surface area contributed by atoms with Gasteiger partial charge >= 0.3 is 0 Å². The zero-order chi connectivity index (χ0) is 11.5. The summed E-state index contributed by atoms with van der Waals surface area (Å²) >= 11 is 0. The Kier molecular flexibility index (Phi) is 3.43. The maximum Gasteiger partial charge on any atom is 0.133 e. The molecule has 0 unspecified atom stereocenters. The number of carbonyl (C=O) groups is 1. The van der Waals surface area contributed by atoms with E-state index in [0.29, 0.717) is 30.0 Å². The van der Waals surface area contributed by atoms with Crippen molar-refractivity contribution in [3.05, 3.63) is 12.2 Å². The predicted molar refractivity (Wildman–Crippen MR) is 62.5 cm³/mol. The first-order chi connectivity index (χ1) is 7.72. The Morgan fingerprint density at radius 1 is 1.38 bits per heavy atom. The number of allylic oxidation sites excluding steroid dienone is 1. The van der Waals surface area contributed by atoms with Crippen molar-refractivity contribution < 1.29 is 4.79 Å². The van der Waals surface area contributed by atoms with E-state index >= 15 is 0 Å². The van der Waals surface area contributed by atoms with Gasteiger partial charge < -0.3 is 0 Å². The molecule has 0 spiro atoms. The molecule has 2 fully saturated rings. The first kappa shape index (κ1) is 11.4. The summed E-state index contributed by atoms with van der Waals surface area (Å²) in [5, 5.41) is 8.69. The normalized spacial score (nSPS) is 34.3. The molecule has 2 heteroatoms. The maximum absolute atomic E-state index is 11.4. The lowest BCUT2D eigenvalue weighted by atomic mass is 9.62. The summed E-state index contributed by atoms with van der Waals surface area (Å²) in [6.07, 6.45) is 6.32. The van der Waals surface area contributed by atoms with Crippen molar-refractivity contribution in [1.29, 1.82) is 5.26 Å². The van der Waals surface area contributed by atoms with E-state index in [-0.39, 0.29) is 0 Å². The third kappa shape index (κ3) is 2.19. The second-order valence-electron chi connectivity index (χ2n) is 5.21. The van der Waals surface area contributed by atoms with Crippen molar-refractivity contribution in [2.24, 2.45) is 17.8 Å². The first-order valence-corrected chi connectivity index (χ1v) is 6.28. The first-order valence-electron chi connectivity index (χ1n) is 6.28. The van der Waals surface area contributed by atoms with Crippen molar-refractivity contribution >= 4 is 5.78 Å². The lowest BCUT2D eigenvalue weighted by Gasteiger charge is -2.42. The molecule has 2 saturated carbocycles. The third-order valence-corrected chi connectivity index (χ3v) is 4.30. The van der Waals surface area contributed by atoms with E-state index in [1.807, 2.05) is 0 Å². The van der Waals surface area contributed by atoms with E-state index in [1.165, 1.54) is 5.57 Å². The Bertz CT molecular complexity index is 339. The SMILES string of the molecule is C=C1CC[C@@H]2CC(=O)CC[C@H]2[C@@H]1CCC#N. The number of rotatable bonds is 2. The van der Waals surface area contributed by atoms with Crippen LogP contribution in [0.5, 0.6) is 0 Å². The molecule has 86 valence electrons. The molecule has 2 rings (SSSR count). The van der Waals surface area contributed by atoms with Gasteiger partial charge in [-0.05, 0) is 43.4 Å². The molecule has 2 nitrogen and oxygen atoms in total. The monoisotopic (exact) mass is 217 g/mol. The van der Waals surface area contributed by atoms with Crippen molar-refractivity contribution in [3.8, 4) is 6.07 Å². The Hall–Kier alpha value is -1.10. The molecule has 2 aliphatic carbocycles. The van der Waals surface area contributed by atoms with Gasteiger partial charge in [-0.1, -0.05) is 12.2 Å². The van der Waals surface area contributed by atoms with Crippen LogP contribution in [0.1, 0.15) is 44.9 Å². The number of carbonyl (C=O) groups excluding carboxylic acids is 1. The Morgan fingerprint density at radius 2 is 2.19 bits per heavy atom. The van der Waals surface area contributed by atoms with Crippen LogP contribution < -0.4 is 0 Å². The molecule has 0 saturated heterocycles.